The summed E-state index contributed by atoms with van der Waals surface area (Å²) < 4.78 is 0. The molecule has 6 nitrogen and oxygen atoms in total. The van der Waals surface area contributed by atoms with Gasteiger partial charge in [-0.05, 0) is 12.5 Å². The Morgan fingerprint density at radius 1 is 1.41 bits per heavy atom. The van der Waals surface area contributed by atoms with Gasteiger partial charge in [0.25, 0.3) is 5.69 Å². The molecule has 2 N–H and O–H groups in total. The summed E-state index contributed by atoms with van der Waals surface area (Å²) in [7, 11) is 0. The first-order chi connectivity index (χ1) is 8.00. The first-order valence-electron chi connectivity index (χ1n) is 5.24. The van der Waals surface area contributed by atoms with Crippen LogP contribution in [-0.2, 0) is 4.79 Å². The largest absolute Gasteiger partial charge is 0.383 e. The van der Waals surface area contributed by atoms with E-state index in [1.807, 2.05) is 6.92 Å². The van der Waals surface area contributed by atoms with E-state index in [0.29, 0.717) is 18.8 Å². The second-order valence-corrected chi connectivity index (χ2v) is 3.67. The molecule has 0 spiro atoms. The maximum atomic E-state index is 10.6. The van der Waals surface area contributed by atoms with Gasteiger partial charge in [0.05, 0.1) is 4.92 Å². The quantitative estimate of drug-likeness (QED) is 0.461. The molecule has 0 atom stereocenters. The van der Waals surface area contributed by atoms with Crippen molar-refractivity contribution in [3.63, 3.8) is 0 Å². The third-order valence-corrected chi connectivity index (χ3v) is 2.25. The molecule has 0 aliphatic heterocycles. The average Bonchev–Trinajstić information content (AvgIpc) is 2.25. The van der Waals surface area contributed by atoms with E-state index >= 15 is 0 Å². The number of nitro benzene ring substituents is 1. The summed E-state index contributed by atoms with van der Waals surface area (Å²) in [4.78, 5) is 20.8. The van der Waals surface area contributed by atoms with E-state index in [0.717, 1.165) is 5.56 Å². The normalized spacial score (nSPS) is 9.76. The molecule has 0 aliphatic rings. The maximum absolute atomic E-state index is 10.6. The van der Waals surface area contributed by atoms with Crippen LogP contribution in [0.3, 0.4) is 0 Å². The first-order valence-corrected chi connectivity index (χ1v) is 5.24. The lowest BCUT2D eigenvalue weighted by Crippen LogP contribution is -2.26. The number of non-ortho nitro benzene ring substituents is 1. The Bertz CT molecular complexity index is 432. The summed E-state index contributed by atoms with van der Waals surface area (Å²) in [6, 6.07) is 4.65. The molecule has 0 unspecified atom stereocenters. The lowest BCUT2D eigenvalue weighted by molar-refractivity contribution is -0.384. The number of nitrogens with one attached hydrogen (secondary N) is 2. The van der Waals surface area contributed by atoms with Crippen molar-refractivity contribution in [1.29, 1.82) is 0 Å². The van der Waals surface area contributed by atoms with Crippen LogP contribution in [0.1, 0.15) is 12.5 Å². The topological polar surface area (TPSA) is 84.3 Å². The first kappa shape index (κ1) is 13.0. The Kier molecular flexibility index (Phi) is 4.45. The SMILES string of the molecule is CC(=O)NCCNc1cc([N+](=O)[O-])ccc1C. The summed E-state index contributed by atoms with van der Waals surface area (Å²) in [6.07, 6.45) is 0. The fourth-order valence-electron chi connectivity index (χ4n) is 1.35. The summed E-state index contributed by atoms with van der Waals surface area (Å²) >= 11 is 0. The Balaban J connectivity index is 2.60. The Morgan fingerprint density at radius 2 is 2.12 bits per heavy atom. The monoisotopic (exact) mass is 237 g/mol. The highest BCUT2D eigenvalue weighted by atomic mass is 16.6. The molecule has 1 rings (SSSR count). The molecule has 1 aromatic carbocycles. The predicted octanol–water partition coefficient (Wildman–Crippen LogP) is 1.45. The lowest BCUT2D eigenvalue weighted by Gasteiger charge is -2.09. The van der Waals surface area contributed by atoms with Gasteiger partial charge in [0, 0.05) is 37.8 Å². The van der Waals surface area contributed by atoms with Gasteiger partial charge in [-0.15, -0.1) is 0 Å². The number of amides is 1. The van der Waals surface area contributed by atoms with Gasteiger partial charge >= 0.3 is 0 Å². The molecule has 0 saturated carbocycles. The zero-order valence-corrected chi connectivity index (χ0v) is 9.82. The van der Waals surface area contributed by atoms with E-state index in [-0.39, 0.29) is 11.6 Å². The third-order valence-electron chi connectivity index (χ3n) is 2.25. The van der Waals surface area contributed by atoms with E-state index in [4.69, 9.17) is 0 Å². The van der Waals surface area contributed by atoms with Gasteiger partial charge in [0.1, 0.15) is 0 Å². The Hall–Kier alpha value is -2.11. The molecule has 1 amide bonds. The number of hydrogen-bond donors (Lipinski definition) is 2. The van der Waals surface area contributed by atoms with E-state index in [9.17, 15) is 14.9 Å². The minimum absolute atomic E-state index is 0.0534. The van der Waals surface area contributed by atoms with Gasteiger partial charge < -0.3 is 10.6 Å². The number of benzene rings is 1. The minimum atomic E-state index is -0.432. The van der Waals surface area contributed by atoms with Crippen molar-refractivity contribution in [3.05, 3.63) is 33.9 Å². The van der Waals surface area contributed by atoms with Crippen molar-refractivity contribution in [1.82, 2.24) is 5.32 Å². The molecular weight excluding hydrogens is 222 g/mol. The number of nitro groups is 1. The zero-order valence-electron chi connectivity index (χ0n) is 9.82. The van der Waals surface area contributed by atoms with Crippen LogP contribution in [0.15, 0.2) is 18.2 Å². The van der Waals surface area contributed by atoms with Crippen LogP contribution in [0.2, 0.25) is 0 Å². The molecule has 92 valence electrons. The smallest absolute Gasteiger partial charge is 0.271 e. The maximum Gasteiger partial charge on any atom is 0.271 e. The van der Waals surface area contributed by atoms with Gasteiger partial charge in [-0.3, -0.25) is 14.9 Å². The van der Waals surface area contributed by atoms with E-state index in [1.165, 1.54) is 19.1 Å². The lowest BCUT2D eigenvalue weighted by atomic mass is 10.2. The molecule has 0 aliphatic carbocycles. The molecule has 6 heteroatoms. The molecule has 0 aromatic heterocycles. The highest BCUT2D eigenvalue weighted by Gasteiger charge is 2.07. The highest BCUT2D eigenvalue weighted by molar-refractivity contribution is 5.72. The van der Waals surface area contributed by atoms with E-state index < -0.39 is 4.92 Å². The zero-order chi connectivity index (χ0) is 12.8. The van der Waals surface area contributed by atoms with Crippen LogP contribution in [0, 0.1) is 17.0 Å². The summed E-state index contributed by atoms with van der Waals surface area (Å²) in [5.74, 6) is -0.0948. The predicted molar refractivity (Wildman–Crippen MR) is 65.0 cm³/mol. The molecule has 0 saturated heterocycles. The average molecular weight is 237 g/mol. The van der Waals surface area contributed by atoms with E-state index in [2.05, 4.69) is 10.6 Å². The van der Waals surface area contributed by atoms with Crippen LogP contribution in [-0.4, -0.2) is 23.9 Å². The van der Waals surface area contributed by atoms with Gasteiger partial charge in [0.2, 0.25) is 5.91 Å². The molecule has 0 radical (unpaired) electrons. The van der Waals surface area contributed by atoms with E-state index in [1.54, 1.807) is 6.07 Å². The van der Waals surface area contributed by atoms with Crippen molar-refractivity contribution in [3.8, 4) is 0 Å². The second-order valence-electron chi connectivity index (χ2n) is 3.67. The van der Waals surface area contributed by atoms with Crippen molar-refractivity contribution in [2.75, 3.05) is 18.4 Å². The van der Waals surface area contributed by atoms with Crippen LogP contribution in [0.5, 0.6) is 0 Å². The van der Waals surface area contributed by atoms with Crippen LogP contribution in [0.25, 0.3) is 0 Å². The number of aryl methyl sites for hydroxylation is 1. The molecular formula is C11H15N3O3. The van der Waals surface area contributed by atoms with Gasteiger partial charge in [-0.25, -0.2) is 0 Å². The molecule has 17 heavy (non-hydrogen) atoms. The number of rotatable bonds is 5. The minimum Gasteiger partial charge on any atom is -0.383 e. The summed E-state index contributed by atoms with van der Waals surface area (Å²) in [5, 5.41) is 16.3. The molecule has 0 bridgehead atoms. The number of hydrogen-bond acceptors (Lipinski definition) is 4. The standard InChI is InChI=1S/C11H15N3O3/c1-8-3-4-10(14(16)17)7-11(8)13-6-5-12-9(2)15/h3-4,7,13H,5-6H2,1-2H3,(H,12,15). The van der Waals surface area contributed by atoms with Gasteiger partial charge in [0.15, 0.2) is 0 Å². The Morgan fingerprint density at radius 3 is 2.71 bits per heavy atom. The fourth-order valence-corrected chi connectivity index (χ4v) is 1.35. The van der Waals surface area contributed by atoms with Gasteiger partial charge in [-0.2, -0.15) is 0 Å². The molecule has 0 fully saturated rings. The number of carbonyl (C=O) groups is 1. The van der Waals surface area contributed by atoms with Crippen molar-refractivity contribution in [2.45, 2.75) is 13.8 Å². The number of nitrogens with zero attached hydrogens (tertiary/aromatic N) is 1. The molecule has 0 heterocycles. The number of carbonyl (C=O) groups excluding carboxylic acids is 1. The van der Waals surface area contributed by atoms with Crippen molar-refractivity contribution >= 4 is 17.3 Å². The molecule has 1 aromatic rings. The third kappa shape index (κ3) is 4.10. The van der Waals surface area contributed by atoms with Crippen LogP contribution >= 0.6 is 0 Å². The Labute approximate surface area is 99.2 Å². The summed E-state index contributed by atoms with van der Waals surface area (Å²) in [5.41, 5.74) is 1.70. The van der Waals surface area contributed by atoms with Crippen LogP contribution in [0.4, 0.5) is 11.4 Å². The second kappa shape index (κ2) is 5.83. The van der Waals surface area contributed by atoms with Gasteiger partial charge in [-0.1, -0.05) is 6.07 Å². The fraction of sp³-hybridized carbons (Fsp3) is 0.364. The summed E-state index contributed by atoms with van der Waals surface area (Å²) in [6.45, 7) is 4.32. The number of anilines is 1. The van der Waals surface area contributed by atoms with Crippen molar-refractivity contribution < 1.29 is 9.72 Å². The highest BCUT2D eigenvalue weighted by Crippen LogP contribution is 2.21. The van der Waals surface area contributed by atoms with Crippen LogP contribution < -0.4 is 10.6 Å². The van der Waals surface area contributed by atoms with Crippen molar-refractivity contribution in [2.24, 2.45) is 0 Å².